The molecule has 3 aromatic rings. The van der Waals surface area contributed by atoms with Gasteiger partial charge in [0.25, 0.3) is 5.91 Å². The van der Waals surface area contributed by atoms with Crippen LogP contribution in [0.1, 0.15) is 71.0 Å². The van der Waals surface area contributed by atoms with E-state index >= 15 is 0 Å². The number of amides is 1. The second-order valence-corrected chi connectivity index (χ2v) is 10.7. The Hall–Kier alpha value is -2.92. The van der Waals surface area contributed by atoms with Gasteiger partial charge in [-0.05, 0) is 80.1 Å². The molecule has 2 unspecified atom stereocenters. The van der Waals surface area contributed by atoms with E-state index in [0.29, 0.717) is 23.9 Å². The van der Waals surface area contributed by atoms with Gasteiger partial charge in [-0.2, -0.15) is 0 Å². The van der Waals surface area contributed by atoms with Gasteiger partial charge >= 0.3 is 0 Å². The SMILES string of the molecule is Cc1ccc(CN2CC(CN(C(=O)c3ccc(F)cc3)C3CCCCC3)C(c3ccccc3C)C2)o1. The number of halogens is 1. The molecule has 1 aliphatic carbocycles. The first-order valence-electron chi connectivity index (χ1n) is 13.4. The fourth-order valence-electron chi connectivity index (χ4n) is 6.22. The molecule has 1 saturated carbocycles. The lowest BCUT2D eigenvalue weighted by Gasteiger charge is -2.37. The highest BCUT2D eigenvalue weighted by Crippen LogP contribution is 2.37. The zero-order chi connectivity index (χ0) is 25.1. The molecular weight excluding hydrogens is 451 g/mol. The van der Waals surface area contributed by atoms with Crippen molar-refractivity contribution in [2.45, 2.75) is 64.5 Å². The summed E-state index contributed by atoms with van der Waals surface area (Å²) in [6.45, 7) is 7.52. The predicted octanol–water partition coefficient (Wildman–Crippen LogP) is 6.73. The van der Waals surface area contributed by atoms with Gasteiger partial charge in [0.05, 0.1) is 6.54 Å². The number of nitrogens with zero attached hydrogens (tertiary/aromatic N) is 2. The number of rotatable bonds is 7. The third kappa shape index (κ3) is 5.57. The zero-order valence-electron chi connectivity index (χ0n) is 21.5. The maximum absolute atomic E-state index is 13.8. The minimum absolute atomic E-state index is 0.0329. The molecule has 36 heavy (non-hydrogen) atoms. The van der Waals surface area contributed by atoms with Crippen LogP contribution in [0.3, 0.4) is 0 Å². The van der Waals surface area contributed by atoms with Gasteiger partial charge in [-0.3, -0.25) is 9.69 Å². The van der Waals surface area contributed by atoms with E-state index in [0.717, 1.165) is 56.8 Å². The summed E-state index contributed by atoms with van der Waals surface area (Å²) in [6, 6.07) is 19.0. The minimum atomic E-state index is -0.310. The van der Waals surface area contributed by atoms with Gasteiger partial charge < -0.3 is 9.32 Å². The molecule has 0 N–H and O–H groups in total. The maximum atomic E-state index is 13.8. The van der Waals surface area contributed by atoms with Gasteiger partial charge in [0.15, 0.2) is 0 Å². The van der Waals surface area contributed by atoms with Gasteiger partial charge in [-0.1, -0.05) is 43.5 Å². The lowest BCUT2D eigenvalue weighted by Crippen LogP contribution is -2.45. The summed E-state index contributed by atoms with van der Waals surface area (Å²) in [4.78, 5) is 18.4. The van der Waals surface area contributed by atoms with Gasteiger partial charge in [0.1, 0.15) is 17.3 Å². The zero-order valence-corrected chi connectivity index (χ0v) is 21.5. The number of hydrogen-bond acceptors (Lipinski definition) is 3. The number of carbonyl (C=O) groups is 1. The summed E-state index contributed by atoms with van der Waals surface area (Å²) in [5, 5.41) is 0. The summed E-state index contributed by atoms with van der Waals surface area (Å²) in [6.07, 6.45) is 5.65. The highest BCUT2D eigenvalue weighted by molar-refractivity contribution is 5.94. The Morgan fingerprint density at radius 3 is 2.42 bits per heavy atom. The van der Waals surface area contributed by atoms with Crippen LogP contribution in [0.25, 0.3) is 0 Å². The molecule has 5 heteroatoms. The van der Waals surface area contributed by atoms with E-state index in [-0.39, 0.29) is 17.8 Å². The van der Waals surface area contributed by atoms with Crippen molar-refractivity contribution in [2.24, 2.45) is 5.92 Å². The minimum Gasteiger partial charge on any atom is -0.465 e. The fraction of sp³-hybridized carbons (Fsp3) is 0.452. The van der Waals surface area contributed by atoms with Crippen molar-refractivity contribution in [3.05, 3.63) is 94.7 Å². The molecule has 2 fully saturated rings. The number of likely N-dealkylation sites (tertiary alicyclic amines) is 1. The van der Waals surface area contributed by atoms with E-state index in [1.54, 1.807) is 12.1 Å². The normalized spacial score (nSPS) is 21.1. The molecule has 1 amide bonds. The fourth-order valence-corrected chi connectivity index (χ4v) is 6.22. The van der Waals surface area contributed by atoms with Crippen LogP contribution < -0.4 is 0 Å². The van der Waals surface area contributed by atoms with Crippen molar-refractivity contribution in [3.63, 3.8) is 0 Å². The number of furan rings is 1. The monoisotopic (exact) mass is 488 g/mol. The Labute approximate surface area is 214 Å². The first kappa shape index (κ1) is 24.8. The van der Waals surface area contributed by atoms with Crippen molar-refractivity contribution in [1.82, 2.24) is 9.80 Å². The summed E-state index contributed by atoms with van der Waals surface area (Å²) in [5.41, 5.74) is 3.26. The lowest BCUT2D eigenvalue weighted by atomic mass is 9.85. The van der Waals surface area contributed by atoms with Crippen molar-refractivity contribution in [3.8, 4) is 0 Å². The molecule has 2 atom stereocenters. The van der Waals surface area contributed by atoms with E-state index in [2.05, 4.69) is 47.1 Å². The van der Waals surface area contributed by atoms with Crippen molar-refractivity contribution >= 4 is 5.91 Å². The van der Waals surface area contributed by atoms with Crippen molar-refractivity contribution in [2.75, 3.05) is 19.6 Å². The summed E-state index contributed by atoms with van der Waals surface area (Å²) < 4.78 is 19.5. The number of carbonyl (C=O) groups excluding carboxylic acids is 1. The van der Waals surface area contributed by atoms with E-state index < -0.39 is 0 Å². The molecule has 0 spiro atoms. The predicted molar refractivity (Wildman–Crippen MR) is 140 cm³/mol. The molecule has 5 rings (SSSR count). The maximum Gasteiger partial charge on any atom is 0.254 e. The summed E-state index contributed by atoms with van der Waals surface area (Å²) in [5.74, 6) is 2.30. The Kier molecular flexibility index (Phi) is 7.56. The van der Waals surface area contributed by atoms with Crippen LogP contribution in [0.5, 0.6) is 0 Å². The molecule has 2 aliphatic rings. The Balaban J connectivity index is 1.43. The number of benzene rings is 2. The highest BCUT2D eigenvalue weighted by Gasteiger charge is 2.38. The molecule has 1 aliphatic heterocycles. The van der Waals surface area contributed by atoms with Crippen LogP contribution in [0, 0.1) is 25.6 Å². The molecular formula is C31H37FN2O2. The Morgan fingerprint density at radius 1 is 0.972 bits per heavy atom. The van der Waals surface area contributed by atoms with Gasteiger partial charge in [-0.15, -0.1) is 0 Å². The van der Waals surface area contributed by atoms with Crippen LogP contribution in [0.2, 0.25) is 0 Å². The van der Waals surface area contributed by atoms with Crippen LogP contribution >= 0.6 is 0 Å². The van der Waals surface area contributed by atoms with Gasteiger partial charge in [0, 0.05) is 37.2 Å². The van der Waals surface area contributed by atoms with Gasteiger partial charge in [0.2, 0.25) is 0 Å². The summed E-state index contributed by atoms with van der Waals surface area (Å²) >= 11 is 0. The molecule has 4 nitrogen and oxygen atoms in total. The van der Waals surface area contributed by atoms with E-state index in [1.807, 2.05) is 13.0 Å². The molecule has 2 heterocycles. The van der Waals surface area contributed by atoms with Crippen LogP contribution in [-0.2, 0) is 6.54 Å². The van der Waals surface area contributed by atoms with Gasteiger partial charge in [-0.25, -0.2) is 4.39 Å². The largest absolute Gasteiger partial charge is 0.465 e. The van der Waals surface area contributed by atoms with Crippen LogP contribution in [0.4, 0.5) is 4.39 Å². The van der Waals surface area contributed by atoms with E-state index in [9.17, 15) is 9.18 Å². The molecule has 0 radical (unpaired) electrons. The molecule has 1 saturated heterocycles. The van der Waals surface area contributed by atoms with Crippen LogP contribution in [-0.4, -0.2) is 41.4 Å². The quantitative estimate of drug-likeness (QED) is 0.370. The van der Waals surface area contributed by atoms with E-state index in [4.69, 9.17) is 4.42 Å². The highest BCUT2D eigenvalue weighted by atomic mass is 19.1. The first-order chi connectivity index (χ1) is 17.5. The summed E-state index contributed by atoms with van der Waals surface area (Å²) in [7, 11) is 0. The molecule has 0 bridgehead atoms. The Morgan fingerprint density at radius 2 is 1.72 bits per heavy atom. The molecule has 190 valence electrons. The third-order valence-electron chi connectivity index (χ3n) is 8.08. The second kappa shape index (κ2) is 11.0. The number of aryl methyl sites for hydroxylation is 2. The standard InChI is InChI=1S/C31H37FN2O2/c1-22-8-6-7-11-29(22)30-21-33(20-28-17-12-23(2)36-28)18-25(30)19-34(27-9-4-3-5-10-27)31(35)24-13-15-26(32)16-14-24/h6-8,11-17,25,27,30H,3-5,9-10,18-21H2,1-2H3. The molecule has 2 aromatic carbocycles. The second-order valence-electron chi connectivity index (χ2n) is 10.7. The lowest BCUT2D eigenvalue weighted by molar-refractivity contribution is 0.0587. The van der Waals surface area contributed by atoms with E-state index in [1.165, 1.54) is 29.7 Å². The average Bonchev–Trinajstić information content (AvgIpc) is 3.48. The van der Waals surface area contributed by atoms with Crippen molar-refractivity contribution in [1.29, 1.82) is 0 Å². The third-order valence-corrected chi connectivity index (χ3v) is 8.08. The van der Waals surface area contributed by atoms with Crippen LogP contribution in [0.15, 0.2) is 65.1 Å². The smallest absolute Gasteiger partial charge is 0.254 e. The first-order valence-corrected chi connectivity index (χ1v) is 13.4. The molecule has 1 aromatic heterocycles. The number of hydrogen-bond donors (Lipinski definition) is 0. The van der Waals surface area contributed by atoms with Crippen molar-refractivity contribution < 1.29 is 13.6 Å². The Bertz CT molecular complexity index is 1170. The topological polar surface area (TPSA) is 36.7 Å². The average molecular weight is 489 g/mol.